The van der Waals surface area contributed by atoms with Gasteiger partial charge in [-0.2, -0.15) is 14.9 Å². The third-order valence-corrected chi connectivity index (χ3v) is 5.47. The summed E-state index contributed by atoms with van der Waals surface area (Å²) in [6, 6.07) is 14.2. The maximum absolute atomic E-state index is 12.8. The van der Waals surface area contributed by atoms with Gasteiger partial charge in [-0.3, -0.25) is 15.0 Å². The Morgan fingerprint density at radius 3 is 2.67 bits per heavy atom. The van der Waals surface area contributed by atoms with Crippen LogP contribution in [0.3, 0.4) is 0 Å². The van der Waals surface area contributed by atoms with E-state index in [2.05, 4.69) is 54.1 Å². The molecule has 10 nitrogen and oxygen atoms in total. The van der Waals surface area contributed by atoms with Crippen LogP contribution in [0.2, 0.25) is 0 Å². The number of carbonyl (C=O) groups excluding carboxylic acids is 1. The zero-order valence-electron chi connectivity index (χ0n) is 16.3. The molecule has 0 spiro atoms. The Kier molecular flexibility index (Phi) is 4.80. The van der Waals surface area contributed by atoms with Gasteiger partial charge in [0, 0.05) is 37.2 Å². The zero-order chi connectivity index (χ0) is 20.3. The third-order valence-electron chi connectivity index (χ3n) is 5.47. The van der Waals surface area contributed by atoms with Gasteiger partial charge < -0.3 is 4.90 Å². The average Bonchev–Trinajstić information content (AvgIpc) is 3.55. The number of piperidine rings is 1. The van der Waals surface area contributed by atoms with E-state index in [1.165, 1.54) is 16.6 Å². The highest BCUT2D eigenvalue weighted by molar-refractivity contribution is 5.92. The number of aromatic nitrogens is 8. The number of likely N-dealkylation sites (tertiary alicyclic amines) is 1. The Morgan fingerprint density at radius 1 is 1.07 bits per heavy atom. The van der Waals surface area contributed by atoms with E-state index >= 15 is 0 Å². The van der Waals surface area contributed by atoms with Crippen molar-refractivity contribution >= 4 is 5.91 Å². The molecular weight excluding hydrogens is 382 g/mol. The molecule has 4 aromatic rings. The van der Waals surface area contributed by atoms with Gasteiger partial charge in [-0.05, 0) is 34.9 Å². The van der Waals surface area contributed by atoms with Gasteiger partial charge in [0.05, 0.1) is 5.69 Å². The molecule has 0 bridgehead atoms. The predicted octanol–water partition coefficient (Wildman–Crippen LogP) is 1.72. The minimum absolute atomic E-state index is 0.0629. The quantitative estimate of drug-likeness (QED) is 0.523. The van der Waals surface area contributed by atoms with Crippen LogP contribution in [0.4, 0.5) is 0 Å². The predicted molar refractivity (Wildman–Crippen MR) is 107 cm³/mol. The summed E-state index contributed by atoms with van der Waals surface area (Å²) >= 11 is 0. The van der Waals surface area contributed by atoms with Crippen LogP contribution >= 0.6 is 0 Å². The number of hydrogen-bond donors (Lipinski definition) is 2. The molecule has 30 heavy (non-hydrogen) atoms. The number of rotatable bonds is 5. The number of benzene rings is 1. The number of nitrogens with zero attached hydrogens (tertiary/aromatic N) is 7. The van der Waals surface area contributed by atoms with Gasteiger partial charge >= 0.3 is 0 Å². The fraction of sp³-hybridized carbons (Fsp3) is 0.300. The highest BCUT2D eigenvalue weighted by atomic mass is 16.2. The van der Waals surface area contributed by atoms with Gasteiger partial charge in [-0.25, -0.2) is 0 Å². The molecule has 152 valence electrons. The van der Waals surface area contributed by atoms with Crippen LogP contribution in [0.15, 0.2) is 48.8 Å². The molecule has 1 saturated heterocycles. The molecular formula is C20H21N9O. The Balaban J connectivity index is 1.19. The first-order valence-corrected chi connectivity index (χ1v) is 9.92. The van der Waals surface area contributed by atoms with E-state index in [1.54, 1.807) is 6.07 Å². The summed E-state index contributed by atoms with van der Waals surface area (Å²) in [5.74, 6) is 0.779. The molecule has 0 atom stereocenters. The minimum Gasteiger partial charge on any atom is -0.337 e. The van der Waals surface area contributed by atoms with Gasteiger partial charge in [0.1, 0.15) is 12.0 Å². The molecule has 2 N–H and O–H groups in total. The number of hydrogen-bond acceptors (Lipinski definition) is 6. The van der Waals surface area contributed by atoms with E-state index in [9.17, 15) is 4.79 Å². The van der Waals surface area contributed by atoms with Crippen LogP contribution in [0, 0.1) is 0 Å². The number of aromatic amines is 2. The van der Waals surface area contributed by atoms with Gasteiger partial charge in [0.15, 0.2) is 5.82 Å². The fourth-order valence-electron chi connectivity index (χ4n) is 3.85. The molecule has 1 aliphatic rings. The minimum atomic E-state index is -0.0629. The second-order valence-corrected chi connectivity index (χ2v) is 7.44. The fourth-order valence-corrected chi connectivity index (χ4v) is 3.85. The molecule has 0 aliphatic carbocycles. The van der Waals surface area contributed by atoms with Crippen LogP contribution in [0.5, 0.6) is 0 Å². The lowest BCUT2D eigenvalue weighted by Crippen LogP contribution is -2.38. The molecule has 10 heteroatoms. The second kappa shape index (κ2) is 7.90. The summed E-state index contributed by atoms with van der Waals surface area (Å²) < 4.78 is 1.41. The maximum atomic E-state index is 12.8. The number of amides is 1. The first-order chi connectivity index (χ1) is 14.8. The molecule has 1 amide bonds. The molecule has 1 aliphatic heterocycles. The topological polar surface area (TPSA) is 121 Å². The summed E-state index contributed by atoms with van der Waals surface area (Å²) in [6.07, 6.45) is 4.05. The van der Waals surface area contributed by atoms with Crippen LogP contribution in [0.1, 0.15) is 46.2 Å². The van der Waals surface area contributed by atoms with Crippen molar-refractivity contribution in [3.63, 3.8) is 0 Å². The van der Waals surface area contributed by atoms with Gasteiger partial charge in [0.2, 0.25) is 0 Å². The van der Waals surface area contributed by atoms with Crippen molar-refractivity contribution in [1.82, 2.24) is 45.5 Å². The first kappa shape index (κ1) is 18.2. The molecule has 3 aromatic heterocycles. The van der Waals surface area contributed by atoms with Crippen molar-refractivity contribution in [3.8, 4) is 5.82 Å². The molecule has 0 radical (unpaired) electrons. The van der Waals surface area contributed by atoms with E-state index < -0.39 is 0 Å². The van der Waals surface area contributed by atoms with Crippen LogP contribution < -0.4 is 0 Å². The summed E-state index contributed by atoms with van der Waals surface area (Å²) in [6.45, 7) is 1.37. The molecule has 0 unspecified atom stereocenters. The molecule has 1 aromatic carbocycles. The van der Waals surface area contributed by atoms with E-state index in [-0.39, 0.29) is 5.91 Å². The molecule has 5 rings (SSSR count). The van der Waals surface area contributed by atoms with Gasteiger partial charge in [0.25, 0.3) is 5.91 Å². The summed E-state index contributed by atoms with van der Waals surface area (Å²) in [5.41, 5.74) is 3.88. The number of tetrazole rings is 1. The van der Waals surface area contributed by atoms with E-state index in [1.807, 2.05) is 23.1 Å². The Bertz CT molecular complexity index is 1110. The van der Waals surface area contributed by atoms with E-state index in [4.69, 9.17) is 0 Å². The van der Waals surface area contributed by atoms with Crippen LogP contribution in [-0.2, 0) is 6.42 Å². The Morgan fingerprint density at radius 2 is 1.90 bits per heavy atom. The Hall–Kier alpha value is -3.82. The highest BCUT2D eigenvalue weighted by Gasteiger charge is 2.27. The SMILES string of the molecule is O=C(c1cc(-n2cnnn2)n[nH]1)N1CCC(c2cc(Cc3ccccc3)[nH]n2)CC1. The third kappa shape index (κ3) is 3.71. The maximum Gasteiger partial charge on any atom is 0.271 e. The number of H-pyrrole nitrogens is 2. The van der Waals surface area contributed by atoms with Crippen molar-refractivity contribution in [3.05, 3.63) is 71.4 Å². The van der Waals surface area contributed by atoms with E-state index in [0.29, 0.717) is 30.5 Å². The normalized spacial score (nSPS) is 14.9. The van der Waals surface area contributed by atoms with Gasteiger partial charge in [-0.1, -0.05) is 30.3 Å². The largest absolute Gasteiger partial charge is 0.337 e. The van der Waals surface area contributed by atoms with Gasteiger partial charge in [-0.15, -0.1) is 5.10 Å². The summed E-state index contributed by atoms with van der Waals surface area (Å²) in [5, 5.41) is 25.5. The second-order valence-electron chi connectivity index (χ2n) is 7.44. The number of carbonyl (C=O) groups is 1. The lowest BCUT2D eigenvalue weighted by Gasteiger charge is -2.30. The lowest BCUT2D eigenvalue weighted by molar-refractivity contribution is 0.0706. The lowest BCUT2D eigenvalue weighted by atomic mass is 9.93. The van der Waals surface area contributed by atoms with Crippen LogP contribution in [-0.4, -0.2) is 64.5 Å². The van der Waals surface area contributed by atoms with Crippen molar-refractivity contribution in [2.24, 2.45) is 0 Å². The van der Waals surface area contributed by atoms with Crippen LogP contribution in [0.25, 0.3) is 5.82 Å². The van der Waals surface area contributed by atoms with Crippen molar-refractivity contribution in [1.29, 1.82) is 0 Å². The number of nitrogens with one attached hydrogen (secondary N) is 2. The standard InChI is InChI=1S/C20H21N9O/c30-20(18-12-19(25-24-18)29-13-21-26-27-29)28-8-6-15(7-9-28)17-11-16(22-23-17)10-14-4-2-1-3-5-14/h1-5,11-13,15H,6-10H2,(H,22,23)(H,24,25). The smallest absolute Gasteiger partial charge is 0.271 e. The summed E-state index contributed by atoms with van der Waals surface area (Å²) in [4.78, 5) is 14.7. The highest BCUT2D eigenvalue weighted by Crippen LogP contribution is 2.28. The summed E-state index contributed by atoms with van der Waals surface area (Å²) in [7, 11) is 0. The molecule has 0 saturated carbocycles. The van der Waals surface area contributed by atoms with Crippen molar-refractivity contribution < 1.29 is 4.79 Å². The van der Waals surface area contributed by atoms with Crippen molar-refractivity contribution in [2.45, 2.75) is 25.2 Å². The van der Waals surface area contributed by atoms with Crippen molar-refractivity contribution in [2.75, 3.05) is 13.1 Å². The zero-order valence-corrected chi connectivity index (χ0v) is 16.3. The molecule has 4 heterocycles. The van der Waals surface area contributed by atoms with E-state index in [0.717, 1.165) is 30.7 Å². The average molecular weight is 403 g/mol. The first-order valence-electron chi connectivity index (χ1n) is 9.92. The molecule has 1 fully saturated rings. The Labute approximate surface area is 172 Å². The monoisotopic (exact) mass is 403 g/mol.